The third kappa shape index (κ3) is 47.3. The molecule has 59 heavy (non-hydrogen) atoms. The molecule has 0 aromatic heterocycles. The second-order valence-electron chi connectivity index (χ2n) is 18.6. The Bertz CT molecular complexity index is 887. The number of ether oxygens (including phenoxy) is 3. The van der Waals surface area contributed by atoms with Crippen molar-refractivity contribution in [3.63, 3.8) is 0 Å². The van der Waals surface area contributed by atoms with Crippen molar-refractivity contribution < 1.29 is 28.6 Å². The van der Waals surface area contributed by atoms with Crippen LogP contribution in [0.3, 0.4) is 0 Å². The molecule has 0 radical (unpaired) electrons. The van der Waals surface area contributed by atoms with Crippen molar-refractivity contribution >= 4 is 17.9 Å². The molecule has 6 heteroatoms. The van der Waals surface area contributed by atoms with E-state index in [2.05, 4.69) is 27.7 Å². The van der Waals surface area contributed by atoms with Gasteiger partial charge in [0.2, 0.25) is 0 Å². The van der Waals surface area contributed by atoms with Crippen molar-refractivity contribution in [3.8, 4) is 0 Å². The number of hydrogen-bond acceptors (Lipinski definition) is 6. The molecule has 0 amide bonds. The zero-order valence-corrected chi connectivity index (χ0v) is 40.2. The number of carbonyl (C=O) groups is 3. The molecular formula is C53H102O6. The average molecular weight is 835 g/mol. The SMILES string of the molecule is CCCCCCCCCCCCCCCCCCCCC(=O)OC[C@@H](COC(=O)CCCCCCCCCCC)OC(=O)CCCCCCCCCCCCCC(C)C. The fraction of sp³-hybridized carbons (Fsp3) is 0.943. The molecule has 0 aliphatic carbocycles. The Kier molecular flexibility index (Phi) is 46.2. The summed E-state index contributed by atoms with van der Waals surface area (Å²) in [5.41, 5.74) is 0. The Morgan fingerprint density at radius 3 is 0.831 bits per heavy atom. The lowest BCUT2D eigenvalue weighted by Gasteiger charge is -2.18. The Morgan fingerprint density at radius 1 is 0.322 bits per heavy atom. The quantitative estimate of drug-likeness (QED) is 0.0345. The van der Waals surface area contributed by atoms with Crippen LogP contribution in [0.4, 0.5) is 0 Å². The summed E-state index contributed by atoms with van der Waals surface area (Å²) < 4.78 is 16.8. The van der Waals surface area contributed by atoms with Crippen LogP contribution in [0.2, 0.25) is 0 Å². The van der Waals surface area contributed by atoms with Crippen molar-refractivity contribution in [2.45, 2.75) is 303 Å². The summed E-state index contributed by atoms with van der Waals surface area (Å²) in [5.74, 6) is -0.0216. The van der Waals surface area contributed by atoms with Crippen LogP contribution in [-0.4, -0.2) is 37.2 Å². The Hall–Kier alpha value is -1.59. The lowest BCUT2D eigenvalue weighted by molar-refractivity contribution is -0.167. The minimum atomic E-state index is -0.760. The molecule has 0 unspecified atom stereocenters. The van der Waals surface area contributed by atoms with Crippen LogP contribution in [0, 0.1) is 5.92 Å². The highest BCUT2D eigenvalue weighted by Crippen LogP contribution is 2.17. The maximum atomic E-state index is 12.8. The maximum absolute atomic E-state index is 12.8. The topological polar surface area (TPSA) is 78.9 Å². The van der Waals surface area contributed by atoms with Gasteiger partial charge in [0.25, 0.3) is 0 Å². The van der Waals surface area contributed by atoms with E-state index in [0.717, 1.165) is 63.7 Å². The monoisotopic (exact) mass is 835 g/mol. The van der Waals surface area contributed by atoms with Gasteiger partial charge in [-0.3, -0.25) is 14.4 Å². The van der Waals surface area contributed by atoms with Crippen LogP contribution in [0.1, 0.15) is 297 Å². The summed E-state index contributed by atoms with van der Waals surface area (Å²) in [6, 6.07) is 0. The average Bonchev–Trinajstić information content (AvgIpc) is 3.22. The molecule has 0 fully saturated rings. The van der Waals surface area contributed by atoms with Gasteiger partial charge in [-0.15, -0.1) is 0 Å². The first-order valence-corrected chi connectivity index (χ1v) is 26.4. The molecule has 0 bridgehead atoms. The van der Waals surface area contributed by atoms with E-state index in [4.69, 9.17) is 14.2 Å². The first-order valence-electron chi connectivity index (χ1n) is 26.4. The predicted molar refractivity (Wildman–Crippen MR) is 252 cm³/mol. The molecule has 0 N–H and O–H groups in total. The predicted octanol–water partition coefficient (Wildman–Crippen LogP) is 17.1. The summed E-state index contributed by atoms with van der Waals surface area (Å²) in [6.45, 7) is 9.01. The molecule has 0 saturated carbocycles. The third-order valence-corrected chi connectivity index (χ3v) is 12.0. The molecule has 6 nitrogen and oxygen atoms in total. The second kappa shape index (κ2) is 47.5. The van der Waals surface area contributed by atoms with E-state index in [1.54, 1.807) is 0 Å². The van der Waals surface area contributed by atoms with Crippen LogP contribution in [0.25, 0.3) is 0 Å². The number of unbranched alkanes of at least 4 members (excludes halogenated alkanes) is 35. The molecular weight excluding hydrogens is 733 g/mol. The van der Waals surface area contributed by atoms with Crippen LogP contribution in [0.5, 0.6) is 0 Å². The van der Waals surface area contributed by atoms with Gasteiger partial charge in [-0.2, -0.15) is 0 Å². The Balaban J connectivity index is 4.23. The van der Waals surface area contributed by atoms with Gasteiger partial charge in [0.15, 0.2) is 6.10 Å². The zero-order chi connectivity index (χ0) is 43.1. The Morgan fingerprint density at radius 2 is 0.559 bits per heavy atom. The van der Waals surface area contributed by atoms with E-state index in [0.29, 0.717) is 19.3 Å². The summed E-state index contributed by atoms with van der Waals surface area (Å²) in [7, 11) is 0. The van der Waals surface area contributed by atoms with Gasteiger partial charge >= 0.3 is 17.9 Å². The molecule has 0 heterocycles. The normalized spacial score (nSPS) is 11.9. The number of hydrogen-bond donors (Lipinski definition) is 0. The van der Waals surface area contributed by atoms with Gasteiger partial charge in [0.05, 0.1) is 0 Å². The summed E-state index contributed by atoms with van der Waals surface area (Å²) >= 11 is 0. The van der Waals surface area contributed by atoms with E-state index in [-0.39, 0.29) is 31.1 Å². The largest absolute Gasteiger partial charge is 0.462 e. The highest BCUT2D eigenvalue weighted by molar-refractivity contribution is 5.71. The lowest BCUT2D eigenvalue weighted by Crippen LogP contribution is -2.30. The van der Waals surface area contributed by atoms with Crippen LogP contribution < -0.4 is 0 Å². The van der Waals surface area contributed by atoms with Gasteiger partial charge in [-0.05, 0) is 25.2 Å². The first kappa shape index (κ1) is 57.4. The third-order valence-electron chi connectivity index (χ3n) is 12.0. The molecule has 1 atom stereocenters. The summed E-state index contributed by atoms with van der Waals surface area (Å²) in [6.07, 6.45) is 49.5. The van der Waals surface area contributed by atoms with E-state index < -0.39 is 6.10 Å². The molecule has 0 aromatic rings. The number of carbonyl (C=O) groups excluding carboxylic acids is 3. The standard InChI is InChI=1S/C53H102O6/c1-5-7-9-11-13-15-16-17-18-19-20-21-22-25-29-33-37-41-45-52(55)58-48-50(47-57-51(54)44-40-36-32-27-14-12-10-8-6-2)59-53(56)46-42-38-34-30-26-23-24-28-31-35-39-43-49(3)4/h49-50H,5-48H2,1-4H3/t50-/m1/s1. The summed E-state index contributed by atoms with van der Waals surface area (Å²) in [4.78, 5) is 37.9. The van der Waals surface area contributed by atoms with Crippen LogP contribution in [0.15, 0.2) is 0 Å². The van der Waals surface area contributed by atoms with Crippen molar-refractivity contribution in [2.75, 3.05) is 13.2 Å². The molecule has 0 aliphatic heterocycles. The van der Waals surface area contributed by atoms with E-state index in [1.807, 2.05) is 0 Å². The molecule has 0 rings (SSSR count). The molecule has 0 spiro atoms. The van der Waals surface area contributed by atoms with Crippen LogP contribution in [-0.2, 0) is 28.6 Å². The lowest BCUT2D eigenvalue weighted by atomic mass is 10.0. The van der Waals surface area contributed by atoms with E-state index in [1.165, 1.54) is 193 Å². The highest BCUT2D eigenvalue weighted by Gasteiger charge is 2.19. The summed E-state index contributed by atoms with van der Waals surface area (Å²) in [5, 5.41) is 0. The van der Waals surface area contributed by atoms with Crippen molar-refractivity contribution in [2.24, 2.45) is 5.92 Å². The van der Waals surface area contributed by atoms with Crippen molar-refractivity contribution in [1.82, 2.24) is 0 Å². The van der Waals surface area contributed by atoms with E-state index >= 15 is 0 Å². The second-order valence-corrected chi connectivity index (χ2v) is 18.6. The first-order chi connectivity index (χ1) is 28.9. The van der Waals surface area contributed by atoms with Crippen molar-refractivity contribution in [3.05, 3.63) is 0 Å². The van der Waals surface area contributed by atoms with Gasteiger partial charge in [0.1, 0.15) is 13.2 Å². The molecule has 0 saturated heterocycles. The molecule has 0 aliphatic rings. The maximum Gasteiger partial charge on any atom is 0.306 e. The van der Waals surface area contributed by atoms with Gasteiger partial charge in [-0.25, -0.2) is 0 Å². The van der Waals surface area contributed by atoms with Gasteiger partial charge < -0.3 is 14.2 Å². The van der Waals surface area contributed by atoms with Crippen molar-refractivity contribution in [1.29, 1.82) is 0 Å². The Labute approximate surface area is 368 Å². The number of rotatable bonds is 48. The zero-order valence-electron chi connectivity index (χ0n) is 40.2. The molecule has 0 aromatic carbocycles. The van der Waals surface area contributed by atoms with Gasteiger partial charge in [-0.1, -0.05) is 259 Å². The van der Waals surface area contributed by atoms with Gasteiger partial charge in [0, 0.05) is 19.3 Å². The molecule has 350 valence electrons. The minimum Gasteiger partial charge on any atom is -0.462 e. The minimum absolute atomic E-state index is 0.0628. The highest BCUT2D eigenvalue weighted by atomic mass is 16.6. The van der Waals surface area contributed by atoms with Crippen LogP contribution >= 0.6 is 0 Å². The fourth-order valence-corrected chi connectivity index (χ4v) is 8.04. The fourth-order valence-electron chi connectivity index (χ4n) is 8.04. The number of esters is 3. The van der Waals surface area contributed by atoms with E-state index in [9.17, 15) is 14.4 Å². The smallest absolute Gasteiger partial charge is 0.306 e.